The average molecular weight is 390 g/mol. The second-order valence-corrected chi connectivity index (χ2v) is 7.47. The van der Waals surface area contributed by atoms with Gasteiger partial charge in [0.1, 0.15) is 0 Å². The summed E-state index contributed by atoms with van der Waals surface area (Å²) in [6.07, 6.45) is 0.438. The van der Waals surface area contributed by atoms with Crippen LogP contribution < -0.4 is 10.6 Å². The van der Waals surface area contributed by atoms with Gasteiger partial charge in [-0.3, -0.25) is 9.59 Å². The van der Waals surface area contributed by atoms with E-state index in [1.165, 1.54) is 0 Å². The molecule has 0 saturated carbocycles. The first kappa shape index (κ1) is 20.3. The molecule has 1 aromatic heterocycles. The highest BCUT2D eigenvalue weighted by Gasteiger charge is 2.16. The van der Waals surface area contributed by atoms with Crippen molar-refractivity contribution in [2.24, 2.45) is 5.92 Å². The first-order chi connectivity index (χ1) is 13.8. The summed E-state index contributed by atoms with van der Waals surface area (Å²) in [7, 11) is 0. The summed E-state index contributed by atoms with van der Waals surface area (Å²) in [6, 6.07) is 16.7. The van der Waals surface area contributed by atoms with Crippen molar-refractivity contribution in [3.05, 3.63) is 71.5 Å². The minimum absolute atomic E-state index is 0.0617. The van der Waals surface area contributed by atoms with Crippen LogP contribution in [0.5, 0.6) is 0 Å². The SMILES string of the molecule is Cc1nn(-c2ccccc2)c(C)c1NC(=O)c1cccc(NC(=O)CC(C)C)c1. The van der Waals surface area contributed by atoms with Crippen LogP contribution in [0.4, 0.5) is 11.4 Å². The Morgan fingerprint density at radius 3 is 2.41 bits per heavy atom. The molecule has 0 radical (unpaired) electrons. The van der Waals surface area contributed by atoms with Crippen molar-refractivity contribution >= 4 is 23.2 Å². The highest BCUT2D eigenvalue weighted by molar-refractivity contribution is 6.06. The monoisotopic (exact) mass is 390 g/mol. The number of nitrogens with one attached hydrogen (secondary N) is 2. The van der Waals surface area contributed by atoms with E-state index in [1.807, 2.05) is 62.7 Å². The van der Waals surface area contributed by atoms with Gasteiger partial charge in [-0.25, -0.2) is 4.68 Å². The topological polar surface area (TPSA) is 76.0 Å². The summed E-state index contributed by atoms with van der Waals surface area (Å²) in [5, 5.41) is 10.4. The van der Waals surface area contributed by atoms with E-state index in [1.54, 1.807) is 24.3 Å². The molecule has 0 aliphatic rings. The molecular formula is C23H26N4O2. The summed E-state index contributed by atoms with van der Waals surface area (Å²) in [5.74, 6) is -0.0364. The van der Waals surface area contributed by atoms with E-state index < -0.39 is 0 Å². The molecule has 2 N–H and O–H groups in total. The number of nitrogens with zero attached hydrogens (tertiary/aromatic N) is 2. The number of carbonyl (C=O) groups excluding carboxylic acids is 2. The van der Waals surface area contributed by atoms with Crippen LogP contribution in [0.2, 0.25) is 0 Å². The van der Waals surface area contributed by atoms with E-state index in [0.29, 0.717) is 23.4 Å². The Bertz CT molecular complexity index is 1020. The quantitative estimate of drug-likeness (QED) is 0.639. The Morgan fingerprint density at radius 1 is 1.00 bits per heavy atom. The fourth-order valence-electron chi connectivity index (χ4n) is 3.15. The van der Waals surface area contributed by atoms with Gasteiger partial charge in [0, 0.05) is 17.7 Å². The summed E-state index contributed by atoms with van der Waals surface area (Å²) in [4.78, 5) is 24.8. The minimum Gasteiger partial charge on any atom is -0.326 e. The smallest absolute Gasteiger partial charge is 0.255 e. The van der Waals surface area contributed by atoms with Gasteiger partial charge in [-0.15, -0.1) is 0 Å². The standard InChI is InChI=1S/C23H26N4O2/c1-15(2)13-21(28)24-19-10-8-9-18(14-19)23(29)25-22-16(3)26-27(17(22)4)20-11-6-5-7-12-20/h5-12,14-15H,13H2,1-4H3,(H,24,28)(H,25,29). The van der Waals surface area contributed by atoms with Crippen molar-refractivity contribution in [3.8, 4) is 5.69 Å². The zero-order valence-electron chi connectivity index (χ0n) is 17.2. The summed E-state index contributed by atoms with van der Waals surface area (Å²) in [5.41, 5.74) is 4.29. The van der Waals surface area contributed by atoms with Gasteiger partial charge in [0.2, 0.25) is 5.91 Å². The predicted octanol–water partition coefficient (Wildman–Crippen LogP) is 4.73. The lowest BCUT2D eigenvalue weighted by atomic mass is 10.1. The van der Waals surface area contributed by atoms with Gasteiger partial charge in [-0.1, -0.05) is 38.1 Å². The van der Waals surface area contributed by atoms with Crippen LogP contribution in [0.15, 0.2) is 54.6 Å². The fourth-order valence-corrected chi connectivity index (χ4v) is 3.15. The number of aromatic nitrogens is 2. The highest BCUT2D eigenvalue weighted by atomic mass is 16.2. The third kappa shape index (κ3) is 4.90. The number of hydrogen-bond donors (Lipinski definition) is 2. The molecule has 0 aliphatic heterocycles. The molecule has 6 heteroatoms. The molecule has 6 nitrogen and oxygen atoms in total. The number of aryl methyl sites for hydroxylation is 1. The van der Waals surface area contributed by atoms with E-state index in [9.17, 15) is 9.59 Å². The van der Waals surface area contributed by atoms with E-state index in [-0.39, 0.29) is 17.7 Å². The van der Waals surface area contributed by atoms with E-state index in [0.717, 1.165) is 17.1 Å². The Kier molecular flexibility index (Phi) is 6.12. The van der Waals surface area contributed by atoms with Gasteiger partial charge < -0.3 is 10.6 Å². The zero-order chi connectivity index (χ0) is 21.0. The fraction of sp³-hybridized carbons (Fsp3) is 0.261. The Morgan fingerprint density at radius 2 is 1.72 bits per heavy atom. The molecule has 2 amide bonds. The number of rotatable bonds is 6. The lowest BCUT2D eigenvalue weighted by molar-refractivity contribution is -0.116. The Hall–Kier alpha value is -3.41. The second kappa shape index (κ2) is 8.73. The van der Waals surface area contributed by atoms with Crippen molar-refractivity contribution < 1.29 is 9.59 Å². The third-order valence-electron chi connectivity index (χ3n) is 4.53. The number of amides is 2. The van der Waals surface area contributed by atoms with Crippen LogP contribution in [0.25, 0.3) is 5.69 Å². The van der Waals surface area contributed by atoms with Crippen molar-refractivity contribution in [1.29, 1.82) is 0 Å². The van der Waals surface area contributed by atoms with Gasteiger partial charge in [0.15, 0.2) is 0 Å². The molecule has 150 valence electrons. The molecule has 0 fully saturated rings. The summed E-state index contributed by atoms with van der Waals surface area (Å²) in [6.45, 7) is 7.77. The molecule has 3 rings (SSSR count). The molecule has 0 unspecified atom stereocenters. The molecule has 0 spiro atoms. The maximum atomic E-state index is 12.8. The molecule has 1 heterocycles. The number of para-hydroxylation sites is 1. The van der Waals surface area contributed by atoms with Gasteiger partial charge in [-0.05, 0) is 50.1 Å². The summed E-state index contributed by atoms with van der Waals surface area (Å²) < 4.78 is 1.81. The van der Waals surface area contributed by atoms with Gasteiger partial charge >= 0.3 is 0 Å². The van der Waals surface area contributed by atoms with Crippen molar-refractivity contribution in [2.45, 2.75) is 34.1 Å². The van der Waals surface area contributed by atoms with Crippen LogP contribution in [-0.4, -0.2) is 21.6 Å². The number of anilines is 2. The number of hydrogen-bond acceptors (Lipinski definition) is 3. The first-order valence-electron chi connectivity index (χ1n) is 9.68. The zero-order valence-corrected chi connectivity index (χ0v) is 17.2. The minimum atomic E-state index is -0.247. The van der Waals surface area contributed by atoms with Crippen LogP contribution >= 0.6 is 0 Å². The average Bonchev–Trinajstić information content (AvgIpc) is 2.96. The molecule has 0 saturated heterocycles. The van der Waals surface area contributed by atoms with Crippen LogP contribution in [0.1, 0.15) is 42.0 Å². The lowest BCUT2D eigenvalue weighted by Crippen LogP contribution is -2.16. The van der Waals surface area contributed by atoms with Crippen LogP contribution in [0.3, 0.4) is 0 Å². The predicted molar refractivity (Wildman–Crippen MR) is 116 cm³/mol. The van der Waals surface area contributed by atoms with Gasteiger partial charge in [-0.2, -0.15) is 5.10 Å². The maximum Gasteiger partial charge on any atom is 0.255 e. The van der Waals surface area contributed by atoms with Crippen molar-refractivity contribution in [2.75, 3.05) is 10.6 Å². The van der Waals surface area contributed by atoms with E-state index >= 15 is 0 Å². The molecular weight excluding hydrogens is 364 g/mol. The van der Waals surface area contributed by atoms with Gasteiger partial charge in [0.05, 0.1) is 22.8 Å². The lowest BCUT2D eigenvalue weighted by Gasteiger charge is -2.10. The van der Waals surface area contributed by atoms with Crippen molar-refractivity contribution in [3.63, 3.8) is 0 Å². The van der Waals surface area contributed by atoms with E-state index in [4.69, 9.17) is 0 Å². The second-order valence-electron chi connectivity index (χ2n) is 7.47. The Labute approximate surface area is 170 Å². The Balaban J connectivity index is 1.78. The first-order valence-corrected chi connectivity index (χ1v) is 9.68. The van der Waals surface area contributed by atoms with Crippen LogP contribution in [-0.2, 0) is 4.79 Å². The van der Waals surface area contributed by atoms with Gasteiger partial charge in [0.25, 0.3) is 5.91 Å². The molecule has 0 atom stereocenters. The highest BCUT2D eigenvalue weighted by Crippen LogP contribution is 2.24. The largest absolute Gasteiger partial charge is 0.326 e. The molecule has 29 heavy (non-hydrogen) atoms. The van der Waals surface area contributed by atoms with Crippen LogP contribution in [0, 0.1) is 19.8 Å². The molecule has 3 aromatic rings. The third-order valence-corrected chi connectivity index (χ3v) is 4.53. The number of carbonyl (C=O) groups is 2. The van der Waals surface area contributed by atoms with E-state index in [2.05, 4.69) is 15.7 Å². The maximum absolute atomic E-state index is 12.8. The van der Waals surface area contributed by atoms with Crippen molar-refractivity contribution in [1.82, 2.24) is 9.78 Å². The summed E-state index contributed by atoms with van der Waals surface area (Å²) >= 11 is 0. The molecule has 2 aromatic carbocycles. The number of benzene rings is 2. The molecule has 0 aliphatic carbocycles. The molecule has 0 bridgehead atoms. The normalized spacial score (nSPS) is 10.8.